The van der Waals surface area contributed by atoms with Crippen molar-refractivity contribution in [2.45, 2.75) is 32.1 Å². The van der Waals surface area contributed by atoms with E-state index in [4.69, 9.17) is 0 Å². The van der Waals surface area contributed by atoms with Crippen LogP contribution in [0.2, 0.25) is 0 Å². The van der Waals surface area contributed by atoms with E-state index >= 15 is 0 Å². The molecule has 0 radical (unpaired) electrons. The third-order valence-corrected chi connectivity index (χ3v) is 3.03. The molecule has 0 aliphatic heterocycles. The highest BCUT2D eigenvalue weighted by Crippen LogP contribution is 2.32. The lowest BCUT2D eigenvalue weighted by Gasteiger charge is -2.27. The maximum Gasteiger partial charge on any atom is 0.314 e. The first kappa shape index (κ1) is 12.6. The minimum Gasteiger partial charge on any atom is -0.481 e. The van der Waals surface area contributed by atoms with E-state index in [2.05, 4.69) is 0 Å². The maximum absolute atomic E-state index is 13.1. The van der Waals surface area contributed by atoms with E-state index in [0.717, 1.165) is 18.2 Å². The molecule has 1 N–H and O–H groups in total. The number of carbonyl (C=O) groups is 1. The largest absolute Gasteiger partial charge is 0.481 e. The molecule has 2 nitrogen and oxygen atoms in total. The molecule has 16 heavy (non-hydrogen) atoms. The van der Waals surface area contributed by atoms with E-state index in [1.807, 2.05) is 0 Å². The van der Waals surface area contributed by atoms with E-state index in [1.54, 1.807) is 13.8 Å². The second kappa shape index (κ2) is 4.60. The molecule has 0 aliphatic rings. The minimum atomic E-state index is -1.21. The van der Waals surface area contributed by atoms with Crippen LogP contribution in [0, 0.1) is 11.6 Å². The Bertz CT molecular complexity index is 378. The van der Waals surface area contributed by atoms with Crippen molar-refractivity contribution in [3.05, 3.63) is 35.4 Å². The third-order valence-electron chi connectivity index (χ3n) is 3.03. The predicted octanol–water partition coefficient (Wildman–Crippen LogP) is 3.11. The summed E-state index contributed by atoms with van der Waals surface area (Å²) in [5.41, 5.74) is -1.02. The van der Waals surface area contributed by atoms with Crippen LogP contribution in [0.3, 0.4) is 0 Å². The molecule has 0 heterocycles. The van der Waals surface area contributed by atoms with Gasteiger partial charge in [0.2, 0.25) is 0 Å². The van der Waals surface area contributed by atoms with Gasteiger partial charge in [0.05, 0.1) is 5.41 Å². The summed E-state index contributed by atoms with van der Waals surface area (Å²) in [6.07, 6.45) is 0.587. The van der Waals surface area contributed by atoms with Crippen molar-refractivity contribution in [1.29, 1.82) is 0 Å². The normalized spacial score (nSPS) is 11.5. The van der Waals surface area contributed by atoms with Gasteiger partial charge in [-0.1, -0.05) is 13.8 Å². The summed E-state index contributed by atoms with van der Waals surface area (Å²) in [5.74, 6) is -2.55. The number of hydrogen-bond acceptors (Lipinski definition) is 1. The van der Waals surface area contributed by atoms with Gasteiger partial charge in [-0.05, 0) is 30.5 Å². The maximum atomic E-state index is 13.1. The summed E-state index contributed by atoms with van der Waals surface area (Å²) in [7, 11) is 0. The van der Waals surface area contributed by atoms with E-state index in [1.165, 1.54) is 0 Å². The number of carboxylic acid groups (broad SMARTS) is 1. The molecule has 0 aromatic heterocycles. The monoisotopic (exact) mass is 228 g/mol. The molecular formula is C12H14F2O2. The summed E-state index contributed by atoms with van der Waals surface area (Å²) in [5, 5.41) is 9.21. The summed E-state index contributed by atoms with van der Waals surface area (Å²) < 4.78 is 26.1. The van der Waals surface area contributed by atoms with Gasteiger partial charge in [0, 0.05) is 6.07 Å². The van der Waals surface area contributed by atoms with Crippen molar-refractivity contribution in [3.63, 3.8) is 0 Å². The third kappa shape index (κ3) is 2.05. The first-order valence-corrected chi connectivity index (χ1v) is 5.16. The number of carboxylic acids is 1. The average Bonchev–Trinajstić information content (AvgIpc) is 2.18. The van der Waals surface area contributed by atoms with Gasteiger partial charge < -0.3 is 5.11 Å². The fourth-order valence-corrected chi connectivity index (χ4v) is 1.91. The quantitative estimate of drug-likeness (QED) is 0.859. The van der Waals surface area contributed by atoms with Gasteiger partial charge in [0.15, 0.2) is 0 Å². The first-order chi connectivity index (χ1) is 7.46. The molecule has 0 spiro atoms. The number of rotatable bonds is 4. The topological polar surface area (TPSA) is 37.3 Å². The Morgan fingerprint density at radius 1 is 1.19 bits per heavy atom. The highest BCUT2D eigenvalue weighted by atomic mass is 19.1. The molecule has 1 aromatic carbocycles. The van der Waals surface area contributed by atoms with Crippen LogP contribution in [0.5, 0.6) is 0 Å². The highest BCUT2D eigenvalue weighted by molar-refractivity contribution is 5.81. The lowest BCUT2D eigenvalue weighted by atomic mass is 9.76. The van der Waals surface area contributed by atoms with Crippen molar-refractivity contribution < 1.29 is 18.7 Å². The van der Waals surface area contributed by atoms with Crippen LogP contribution < -0.4 is 0 Å². The minimum absolute atomic E-state index is 0.183. The van der Waals surface area contributed by atoms with Crippen molar-refractivity contribution in [1.82, 2.24) is 0 Å². The van der Waals surface area contributed by atoms with Gasteiger partial charge in [-0.3, -0.25) is 4.79 Å². The van der Waals surface area contributed by atoms with Crippen LogP contribution in [0.25, 0.3) is 0 Å². The highest BCUT2D eigenvalue weighted by Gasteiger charge is 2.37. The zero-order chi connectivity index (χ0) is 12.3. The smallest absolute Gasteiger partial charge is 0.314 e. The zero-order valence-electron chi connectivity index (χ0n) is 9.26. The number of aliphatic carboxylic acids is 1. The van der Waals surface area contributed by atoms with Crippen molar-refractivity contribution in [2.24, 2.45) is 0 Å². The molecule has 0 unspecified atom stereocenters. The molecular weight excluding hydrogens is 214 g/mol. The average molecular weight is 228 g/mol. The molecule has 4 heteroatoms. The number of halogens is 2. The van der Waals surface area contributed by atoms with Crippen molar-refractivity contribution in [3.8, 4) is 0 Å². The lowest BCUT2D eigenvalue weighted by Crippen LogP contribution is -2.34. The summed E-state index contributed by atoms with van der Waals surface area (Å²) in [6, 6.07) is 2.91. The predicted molar refractivity (Wildman–Crippen MR) is 56.3 cm³/mol. The fraction of sp³-hybridized carbons (Fsp3) is 0.417. The van der Waals surface area contributed by atoms with Crippen LogP contribution in [-0.2, 0) is 10.2 Å². The Kier molecular flexibility index (Phi) is 3.62. The number of benzene rings is 1. The Morgan fingerprint density at radius 3 is 1.94 bits per heavy atom. The first-order valence-electron chi connectivity index (χ1n) is 5.16. The van der Waals surface area contributed by atoms with Crippen molar-refractivity contribution in [2.75, 3.05) is 0 Å². The van der Waals surface area contributed by atoms with Crippen LogP contribution >= 0.6 is 0 Å². The Hall–Kier alpha value is -1.45. The van der Waals surface area contributed by atoms with Crippen LogP contribution in [0.4, 0.5) is 8.78 Å². The Morgan fingerprint density at radius 2 is 1.62 bits per heavy atom. The lowest BCUT2D eigenvalue weighted by molar-refractivity contribution is -0.144. The summed E-state index contributed by atoms with van der Waals surface area (Å²) in [4.78, 5) is 11.3. The molecule has 0 atom stereocenters. The molecule has 0 aliphatic carbocycles. The molecule has 0 saturated carbocycles. The molecule has 0 bridgehead atoms. The van der Waals surface area contributed by atoms with Gasteiger partial charge in [-0.2, -0.15) is 0 Å². The van der Waals surface area contributed by atoms with Gasteiger partial charge in [0.1, 0.15) is 11.6 Å². The number of hydrogen-bond donors (Lipinski definition) is 1. The van der Waals surface area contributed by atoms with Crippen LogP contribution in [0.1, 0.15) is 32.3 Å². The van der Waals surface area contributed by atoms with Crippen LogP contribution in [-0.4, -0.2) is 11.1 Å². The van der Waals surface area contributed by atoms with Crippen molar-refractivity contribution >= 4 is 5.97 Å². The second-order valence-electron chi connectivity index (χ2n) is 3.75. The molecule has 1 rings (SSSR count). The van der Waals surface area contributed by atoms with Gasteiger partial charge in [-0.25, -0.2) is 8.78 Å². The van der Waals surface area contributed by atoms with Gasteiger partial charge >= 0.3 is 5.97 Å². The summed E-state index contributed by atoms with van der Waals surface area (Å²) >= 11 is 0. The second-order valence-corrected chi connectivity index (χ2v) is 3.75. The van der Waals surface area contributed by atoms with Gasteiger partial charge in [0.25, 0.3) is 0 Å². The molecule has 0 amide bonds. The SMILES string of the molecule is CCC(CC)(C(=O)O)c1cc(F)cc(F)c1. The molecule has 0 fully saturated rings. The van der Waals surface area contributed by atoms with Crippen LogP contribution in [0.15, 0.2) is 18.2 Å². The zero-order valence-corrected chi connectivity index (χ0v) is 9.26. The Labute approximate surface area is 92.9 Å². The van der Waals surface area contributed by atoms with E-state index < -0.39 is 23.0 Å². The standard InChI is InChI=1S/C12H14F2O2/c1-3-12(4-2,11(15)16)8-5-9(13)7-10(14)6-8/h5-7H,3-4H2,1-2H3,(H,15,16). The van der Waals surface area contributed by atoms with E-state index in [-0.39, 0.29) is 5.56 Å². The van der Waals surface area contributed by atoms with E-state index in [9.17, 15) is 18.7 Å². The molecule has 0 saturated heterocycles. The molecule has 88 valence electrons. The summed E-state index contributed by atoms with van der Waals surface area (Å²) in [6.45, 7) is 3.39. The van der Waals surface area contributed by atoms with Gasteiger partial charge in [-0.15, -0.1) is 0 Å². The molecule has 1 aromatic rings. The fourth-order valence-electron chi connectivity index (χ4n) is 1.91. The van der Waals surface area contributed by atoms with E-state index in [0.29, 0.717) is 12.8 Å². The Balaban J connectivity index is 3.36.